The third-order valence-electron chi connectivity index (χ3n) is 4.41. The Kier molecular flexibility index (Phi) is 4.76. The molecule has 1 aliphatic carbocycles. The van der Waals surface area contributed by atoms with Crippen molar-refractivity contribution in [3.8, 4) is 5.75 Å². The van der Waals surface area contributed by atoms with E-state index < -0.39 is 0 Å². The number of hydrogen-bond acceptors (Lipinski definition) is 3. The molecule has 0 unspecified atom stereocenters. The number of aromatic hydroxyl groups is 1. The first-order valence-electron chi connectivity index (χ1n) is 7.79. The SMILES string of the molecule is CC(C)CC1(CNC(=O)c2cc(O)ccc2N)CCCC1. The van der Waals surface area contributed by atoms with Crippen molar-refractivity contribution in [1.29, 1.82) is 0 Å². The van der Waals surface area contributed by atoms with Gasteiger partial charge in [0.1, 0.15) is 5.75 Å². The van der Waals surface area contributed by atoms with E-state index in [0.29, 0.717) is 23.7 Å². The fourth-order valence-electron chi connectivity index (χ4n) is 3.55. The van der Waals surface area contributed by atoms with Gasteiger partial charge in [-0.2, -0.15) is 0 Å². The van der Waals surface area contributed by atoms with Crippen molar-refractivity contribution in [3.05, 3.63) is 23.8 Å². The summed E-state index contributed by atoms with van der Waals surface area (Å²) in [6.07, 6.45) is 6.00. The van der Waals surface area contributed by atoms with Gasteiger partial charge in [-0.1, -0.05) is 26.7 Å². The zero-order valence-electron chi connectivity index (χ0n) is 13.0. The molecule has 1 aromatic carbocycles. The van der Waals surface area contributed by atoms with Crippen LogP contribution in [0.5, 0.6) is 5.75 Å². The minimum atomic E-state index is -0.196. The van der Waals surface area contributed by atoms with Gasteiger partial charge in [-0.25, -0.2) is 0 Å². The molecule has 1 saturated carbocycles. The molecule has 0 saturated heterocycles. The van der Waals surface area contributed by atoms with E-state index in [1.54, 1.807) is 6.07 Å². The number of nitrogens with two attached hydrogens (primary N) is 1. The lowest BCUT2D eigenvalue weighted by Crippen LogP contribution is -2.37. The predicted molar refractivity (Wildman–Crippen MR) is 85.2 cm³/mol. The number of phenolic OH excluding ortho intramolecular Hbond substituents is 1. The number of carbonyl (C=O) groups is 1. The van der Waals surface area contributed by atoms with E-state index >= 15 is 0 Å². The minimum Gasteiger partial charge on any atom is -0.508 e. The lowest BCUT2D eigenvalue weighted by atomic mass is 9.78. The molecular formula is C17H26N2O2. The maximum absolute atomic E-state index is 12.3. The Morgan fingerprint density at radius 1 is 1.38 bits per heavy atom. The van der Waals surface area contributed by atoms with Crippen molar-refractivity contribution in [2.45, 2.75) is 46.0 Å². The monoisotopic (exact) mass is 290 g/mol. The van der Waals surface area contributed by atoms with Crippen LogP contribution in [0.4, 0.5) is 5.69 Å². The maximum Gasteiger partial charge on any atom is 0.253 e. The molecule has 116 valence electrons. The van der Waals surface area contributed by atoms with Crippen molar-refractivity contribution in [3.63, 3.8) is 0 Å². The van der Waals surface area contributed by atoms with E-state index in [1.807, 2.05) is 0 Å². The Morgan fingerprint density at radius 3 is 2.67 bits per heavy atom. The average Bonchev–Trinajstić information content (AvgIpc) is 2.87. The molecule has 2 rings (SSSR count). The first-order valence-corrected chi connectivity index (χ1v) is 7.79. The van der Waals surface area contributed by atoms with Crippen LogP contribution in [0.15, 0.2) is 18.2 Å². The summed E-state index contributed by atoms with van der Waals surface area (Å²) in [5, 5.41) is 12.5. The molecule has 1 amide bonds. The summed E-state index contributed by atoms with van der Waals surface area (Å²) >= 11 is 0. The quantitative estimate of drug-likeness (QED) is 0.575. The van der Waals surface area contributed by atoms with Gasteiger partial charge in [-0.3, -0.25) is 4.79 Å². The topological polar surface area (TPSA) is 75.3 Å². The van der Waals surface area contributed by atoms with E-state index in [0.717, 1.165) is 6.42 Å². The smallest absolute Gasteiger partial charge is 0.253 e. The number of nitrogen functional groups attached to an aromatic ring is 1. The van der Waals surface area contributed by atoms with Crippen LogP contribution in [0.3, 0.4) is 0 Å². The van der Waals surface area contributed by atoms with Crippen molar-refractivity contribution < 1.29 is 9.90 Å². The molecular weight excluding hydrogens is 264 g/mol. The van der Waals surface area contributed by atoms with Gasteiger partial charge in [0.05, 0.1) is 5.56 Å². The average molecular weight is 290 g/mol. The van der Waals surface area contributed by atoms with E-state index in [2.05, 4.69) is 19.2 Å². The Labute approximate surface area is 126 Å². The maximum atomic E-state index is 12.3. The Bertz CT molecular complexity index is 506. The van der Waals surface area contributed by atoms with Gasteiger partial charge in [-0.15, -0.1) is 0 Å². The molecule has 4 heteroatoms. The van der Waals surface area contributed by atoms with E-state index in [-0.39, 0.29) is 17.1 Å². The van der Waals surface area contributed by atoms with Gasteiger partial charge >= 0.3 is 0 Å². The highest BCUT2D eigenvalue weighted by molar-refractivity contribution is 5.99. The van der Waals surface area contributed by atoms with Crippen LogP contribution in [-0.2, 0) is 0 Å². The van der Waals surface area contributed by atoms with Crippen molar-refractivity contribution in [2.24, 2.45) is 11.3 Å². The fourth-order valence-corrected chi connectivity index (χ4v) is 3.55. The number of amides is 1. The Hall–Kier alpha value is -1.71. The van der Waals surface area contributed by atoms with Crippen molar-refractivity contribution >= 4 is 11.6 Å². The lowest BCUT2D eigenvalue weighted by Gasteiger charge is -2.31. The zero-order valence-corrected chi connectivity index (χ0v) is 13.0. The first kappa shape index (κ1) is 15.7. The molecule has 0 aromatic heterocycles. The minimum absolute atomic E-state index is 0.0621. The summed E-state index contributed by atoms with van der Waals surface area (Å²) in [7, 11) is 0. The first-order chi connectivity index (χ1) is 9.92. The number of nitrogens with one attached hydrogen (secondary N) is 1. The fraction of sp³-hybridized carbons (Fsp3) is 0.588. The number of phenols is 1. The van der Waals surface area contributed by atoms with Crippen LogP contribution in [0, 0.1) is 11.3 Å². The summed E-state index contributed by atoms with van der Waals surface area (Å²) < 4.78 is 0. The molecule has 0 spiro atoms. The highest BCUT2D eigenvalue weighted by Crippen LogP contribution is 2.42. The van der Waals surface area contributed by atoms with Crippen molar-refractivity contribution in [1.82, 2.24) is 5.32 Å². The molecule has 0 radical (unpaired) electrons. The second-order valence-corrected chi connectivity index (χ2v) is 6.76. The van der Waals surface area contributed by atoms with E-state index in [4.69, 9.17) is 5.73 Å². The van der Waals surface area contributed by atoms with Gasteiger partial charge in [-0.05, 0) is 48.8 Å². The third-order valence-corrected chi connectivity index (χ3v) is 4.41. The molecule has 1 aromatic rings. The largest absolute Gasteiger partial charge is 0.508 e. The molecule has 0 atom stereocenters. The van der Waals surface area contributed by atoms with Crippen LogP contribution in [-0.4, -0.2) is 17.6 Å². The molecule has 1 aliphatic rings. The third kappa shape index (κ3) is 3.90. The highest BCUT2D eigenvalue weighted by Gasteiger charge is 2.34. The summed E-state index contributed by atoms with van der Waals surface area (Å²) in [4.78, 5) is 12.3. The molecule has 4 nitrogen and oxygen atoms in total. The standard InChI is InChI=1S/C17H26N2O2/c1-12(2)10-17(7-3-4-8-17)11-19-16(21)14-9-13(20)5-6-15(14)18/h5-6,9,12,20H,3-4,7-8,10-11,18H2,1-2H3,(H,19,21). The number of anilines is 1. The van der Waals surface area contributed by atoms with Crippen LogP contribution in [0.1, 0.15) is 56.3 Å². The summed E-state index contributed by atoms with van der Waals surface area (Å²) in [5.74, 6) is 0.497. The Morgan fingerprint density at radius 2 is 2.05 bits per heavy atom. The number of rotatable bonds is 5. The molecule has 21 heavy (non-hydrogen) atoms. The van der Waals surface area contributed by atoms with Crippen LogP contribution < -0.4 is 11.1 Å². The summed E-state index contributed by atoms with van der Waals surface area (Å²) in [5.41, 5.74) is 6.80. The summed E-state index contributed by atoms with van der Waals surface area (Å²) in [6.45, 7) is 5.16. The predicted octanol–water partition coefficient (Wildman–Crippen LogP) is 3.31. The second-order valence-electron chi connectivity index (χ2n) is 6.76. The normalized spacial score (nSPS) is 17.1. The van der Waals surface area contributed by atoms with Gasteiger partial charge in [0.25, 0.3) is 5.91 Å². The van der Waals surface area contributed by atoms with E-state index in [1.165, 1.54) is 37.8 Å². The van der Waals surface area contributed by atoms with Crippen LogP contribution in [0.2, 0.25) is 0 Å². The van der Waals surface area contributed by atoms with Gasteiger partial charge < -0.3 is 16.2 Å². The van der Waals surface area contributed by atoms with Crippen molar-refractivity contribution in [2.75, 3.05) is 12.3 Å². The summed E-state index contributed by atoms with van der Waals surface area (Å²) in [6, 6.07) is 4.47. The lowest BCUT2D eigenvalue weighted by molar-refractivity contribution is 0.0922. The van der Waals surface area contributed by atoms with Crippen LogP contribution >= 0.6 is 0 Å². The van der Waals surface area contributed by atoms with Gasteiger partial charge in [0.2, 0.25) is 0 Å². The molecule has 0 aliphatic heterocycles. The molecule has 0 heterocycles. The van der Waals surface area contributed by atoms with Crippen LogP contribution in [0.25, 0.3) is 0 Å². The second kappa shape index (κ2) is 6.37. The molecule has 4 N–H and O–H groups in total. The number of hydrogen-bond donors (Lipinski definition) is 3. The number of benzene rings is 1. The molecule has 0 bridgehead atoms. The molecule has 1 fully saturated rings. The van der Waals surface area contributed by atoms with Gasteiger partial charge in [0.15, 0.2) is 0 Å². The van der Waals surface area contributed by atoms with E-state index in [9.17, 15) is 9.90 Å². The highest BCUT2D eigenvalue weighted by atomic mass is 16.3. The Balaban J connectivity index is 2.03. The van der Waals surface area contributed by atoms with Gasteiger partial charge in [0, 0.05) is 12.2 Å². The zero-order chi connectivity index (χ0) is 15.5. The number of carbonyl (C=O) groups excluding carboxylic acids is 1.